The number of hydrogen-bond acceptors (Lipinski definition) is 4. The molecule has 4 nitrogen and oxygen atoms in total. The first-order valence-electron chi connectivity index (χ1n) is 7.24. The van der Waals surface area contributed by atoms with Crippen molar-refractivity contribution in [2.45, 2.75) is 38.6 Å². The number of thioether (sulfide) groups is 1. The highest BCUT2D eigenvalue weighted by atomic mass is 32.2. The lowest BCUT2D eigenvalue weighted by Crippen LogP contribution is -2.43. The van der Waals surface area contributed by atoms with Gasteiger partial charge in [0.15, 0.2) is 0 Å². The smallest absolute Gasteiger partial charge is 0.302 e. The second-order valence-corrected chi connectivity index (χ2v) is 6.92. The summed E-state index contributed by atoms with van der Waals surface area (Å²) in [6, 6.07) is 0.289. The molecule has 0 radical (unpaired) electrons. The van der Waals surface area contributed by atoms with Crippen LogP contribution in [0.3, 0.4) is 0 Å². The van der Waals surface area contributed by atoms with Crippen LogP contribution in [0.1, 0.15) is 32.6 Å². The maximum Gasteiger partial charge on any atom is 0.302 e. The van der Waals surface area contributed by atoms with Gasteiger partial charge in [-0.3, -0.25) is 9.59 Å². The molecule has 1 heterocycles. The molecule has 2 rings (SSSR count). The van der Waals surface area contributed by atoms with Crippen molar-refractivity contribution in [3.63, 3.8) is 0 Å². The van der Waals surface area contributed by atoms with Gasteiger partial charge in [-0.15, -0.1) is 0 Å². The van der Waals surface area contributed by atoms with E-state index in [9.17, 15) is 9.59 Å². The minimum Gasteiger partial charge on any atom is -0.466 e. The van der Waals surface area contributed by atoms with Gasteiger partial charge in [0.05, 0.1) is 6.61 Å². The molecule has 0 aromatic carbocycles. The Morgan fingerprint density at radius 1 is 1.25 bits per heavy atom. The molecular weight excluding hydrogens is 274 g/mol. The van der Waals surface area contributed by atoms with Crippen LogP contribution < -0.4 is 5.32 Å². The van der Waals surface area contributed by atoms with Crippen LogP contribution in [0.2, 0.25) is 0 Å². The van der Waals surface area contributed by atoms with E-state index in [-0.39, 0.29) is 24.5 Å². The zero-order valence-electron chi connectivity index (χ0n) is 12.0. The molecule has 0 spiro atoms. The Morgan fingerprint density at radius 2 is 1.90 bits per heavy atom. The van der Waals surface area contributed by atoms with E-state index >= 15 is 0 Å². The number of esters is 1. The number of hydrogen-bond donors (Lipinski definition) is 1. The molecule has 2 fully saturated rings. The maximum atomic E-state index is 12.1. The van der Waals surface area contributed by atoms with Gasteiger partial charge in [0.25, 0.3) is 0 Å². The van der Waals surface area contributed by atoms with Crippen molar-refractivity contribution in [1.82, 2.24) is 5.32 Å². The first-order chi connectivity index (χ1) is 9.54. The highest BCUT2D eigenvalue weighted by Gasteiger charge is 2.32. The molecule has 1 aliphatic heterocycles. The fraction of sp³-hybridized carbons (Fsp3) is 0.733. The number of fused-ring (bicyclic) bond motifs is 2. The van der Waals surface area contributed by atoms with Gasteiger partial charge in [-0.2, -0.15) is 11.8 Å². The van der Waals surface area contributed by atoms with Gasteiger partial charge in [-0.25, -0.2) is 0 Å². The highest BCUT2D eigenvalue weighted by molar-refractivity contribution is 7.99. The third kappa shape index (κ3) is 4.54. The van der Waals surface area contributed by atoms with Gasteiger partial charge in [-0.05, 0) is 42.6 Å². The zero-order chi connectivity index (χ0) is 14.5. The second-order valence-electron chi connectivity index (χ2n) is 5.84. The van der Waals surface area contributed by atoms with Gasteiger partial charge >= 0.3 is 5.97 Å². The van der Waals surface area contributed by atoms with Crippen LogP contribution in [-0.2, 0) is 14.3 Å². The van der Waals surface area contributed by atoms with Crippen molar-refractivity contribution in [2.75, 3.05) is 18.1 Å². The Balaban J connectivity index is 1.73. The van der Waals surface area contributed by atoms with Crippen molar-refractivity contribution in [3.05, 3.63) is 12.2 Å². The summed E-state index contributed by atoms with van der Waals surface area (Å²) < 4.78 is 4.83. The van der Waals surface area contributed by atoms with Crippen molar-refractivity contribution in [3.8, 4) is 0 Å². The van der Waals surface area contributed by atoms with Crippen LogP contribution in [0.15, 0.2) is 12.2 Å². The summed E-state index contributed by atoms with van der Waals surface area (Å²) in [5.74, 6) is 3.57. The molecule has 3 atom stereocenters. The molecule has 5 heteroatoms. The summed E-state index contributed by atoms with van der Waals surface area (Å²) in [5, 5.41) is 3.10. The number of ether oxygens (including phenoxy) is 1. The fourth-order valence-electron chi connectivity index (χ4n) is 3.08. The molecule has 1 aliphatic carbocycles. The summed E-state index contributed by atoms with van der Waals surface area (Å²) in [5.41, 5.74) is 0.497. The number of rotatable bonds is 5. The summed E-state index contributed by atoms with van der Waals surface area (Å²) in [6.07, 6.45) is 3.91. The zero-order valence-corrected chi connectivity index (χ0v) is 12.8. The Morgan fingerprint density at radius 3 is 2.50 bits per heavy atom. The molecule has 0 aromatic heterocycles. The van der Waals surface area contributed by atoms with Crippen LogP contribution in [0.5, 0.6) is 0 Å². The first-order valence-corrected chi connectivity index (χ1v) is 8.39. The Hall–Kier alpha value is -0.970. The average Bonchev–Trinajstić information content (AvgIpc) is 2.37. The predicted octanol–water partition coefficient (Wildman–Crippen LogP) is 2.14. The van der Waals surface area contributed by atoms with Crippen LogP contribution in [0.4, 0.5) is 0 Å². The molecule has 0 aromatic rings. The first kappa shape index (κ1) is 15.4. The van der Waals surface area contributed by atoms with Crippen molar-refractivity contribution >= 4 is 23.6 Å². The van der Waals surface area contributed by atoms with Gasteiger partial charge in [0, 0.05) is 25.0 Å². The Labute approximate surface area is 124 Å². The summed E-state index contributed by atoms with van der Waals surface area (Å²) in [6.45, 7) is 5.37. The van der Waals surface area contributed by atoms with E-state index in [4.69, 9.17) is 4.74 Å². The molecule has 2 bridgehead atoms. The molecular formula is C15H23NO3S. The van der Waals surface area contributed by atoms with E-state index in [0.29, 0.717) is 12.0 Å². The van der Waals surface area contributed by atoms with Gasteiger partial charge in [-0.1, -0.05) is 6.58 Å². The Kier molecular flexibility index (Phi) is 5.52. The SMILES string of the molecule is C=C(CCOC(C)=O)C(=O)NC1C[C@H]2CSC[C@@H](C1)C2. The second kappa shape index (κ2) is 7.16. The molecule has 1 saturated carbocycles. The van der Waals surface area contributed by atoms with Gasteiger partial charge in [0.1, 0.15) is 0 Å². The molecule has 1 N–H and O–H groups in total. The number of carbonyl (C=O) groups excluding carboxylic acids is 2. The largest absolute Gasteiger partial charge is 0.466 e. The average molecular weight is 297 g/mol. The highest BCUT2D eigenvalue weighted by Crippen LogP contribution is 2.38. The molecule has 20 heavy (non-hydrogen) atoms. The van der Waals surface area contributed by atoms with Crippen molar-refractivity contribution in [1.29, 1.82) is 0 Å². The van der Waals surface area contributed by atoms with Crippen molar-refractivity contribution < 1.29 is 14.3 Å². The molecule has 112 valence electrons. The standard InChI is InChI=1S/C15H23NO3S/c1-10(3-4-19-11(2)17)15(18)16-14-6-12-5-13(7-14)9-20-8-12/h12-14H,1,3-9H2,2H3,(H,16,18)/t12-,13+,14?. The lowest BCUT2D eigenvalue weighted by atomic mass is 9.79. The summed E-state index contributed by atoms with van der Waals surface area (Å²) in [7, 11) is 0. The lowest BCUT2D eigenvalue weighted by molar-refractivity contribution is -0.141. The maximum absolute atomic E-state index is 12.1. The van der Waals surface area contributed by atoms with E-state index in [1.807, 2.05) is 11.8 Å². The molecule has 2 aliphatic rings. The van der Waals surface area contributed by atoms with E-state index < -0.39 is 0 Å². The van der Waals surface area contributed by atoms with E-state index in [1.54, 1.807) is 0 Å². The number of carbonyl (C=O) groups is 2. The lowest BCUT2D eigenvalue weighted by Gasteiger charge is -2.39. The van der Waals surface area contributed by atoms with Crippen molar-refractivity contribution in [2.24, 2.45) is 11.8 Å². The summed E-state index contributed by atoms with van der Waals surface area (Å²) >= 11 is 2.05. The van der Waals surface area contributed by atoms with Crippen LogP contribution in [0.25, 0.3) is 0 Å². The third-order valence-electron chi connectivity index (χ3n) is 3.97. The quantitative estimate of drug-likeness (QED) is 0.624. The van der Waals surface area contributed by atoms with Gasteiger partial charge in [0.2, 0.25) is 5.91 Å². The number of amides is 1. The van der Waals surface area contributed by atoms with E-state index in [0.717, 1.165) is 24.7 Å². The molecule has 1 unspecified atom stereocenters. The normalized spacial score (nSPS) is 28.6. The third-order valence-corrected chi connectivity index (χ3v) is 5.39. The van der Waals surface area contributed by atoms with Crippen LogP contribution in [-0.4, -0.2) is 36.0 Å². The summed E-state index contributed by atoms with van der Waals surface area (Å²) in [4.78, 5) is 22.7. The van der Waals surface area contributed by atoms with Gasteiger partial charge < -0.3 is 10.1 Å². The monoisotopic (exact) mass is 297 g/mol. The molecule has 1 saturated heterocycles. The topological polar surface area (TPSA) is 55.4 Å². The fourth-order valence-corrected chi connectivity index (χ4v) is 4.42. The molecule has 1 amide bonds. The Bertz CT molecular complexity index is 385. The minimum absolute atomic E-state index is 0.0882. The van der Waals surface area contributed by atoms with Crippen LogP contribution >= 0.6 is 11.8 Å². The van der Waals surface area contributed by atoms with E-state index in [2.05, 4.69) is 11.9 Å². The minimum atomic E-state index is -0.323. The predicted molar refractivity (Wildman–Crippen MR) is 80.5 cm³/mol. The number of nitrogens with one attached hydrogen (secondary N) is 1. The van der Waals surface area contributed by atoms with E-state index in [1.165, 1.54) is 24.9 Å². The van der Waals surface area contributed by atoms with Crippen LogP contribution in [0, 0.1) is 11.8 Å².